The van der Waals surface area contributed by atoms with E-state index >= 15 is 0 Å². The van der Waals surface area contributed by atoms with Gasteiger partial charge < -0.3 is 20.3 Å². The van der Waals surface area contributed by atoms with E-state index in [0.717, 1.165) is 12.8 Å². The Morgan fingerprint density at radius 2 is 1.85 bits per heavy atom. The number of carbonyl (C=O) groups excluding carboxylic acids is 2. The zero-order valence-electron chi connectivity index (χ0n) is 16.0. The number of hydrogen-bond acceptors (Lipinski definition) is 4. The minimum absolute atomic E-state index is 0.00108. The van der Waals surface area contributed by atoms with Crippen molar-refractivity contribution in [2.75, 3.05) is 26.2 Å². The summed E-state index contributed by atoms with van der Waals surface area (Å²) in [4.78, 5) is 25.7. The fourth-order valence-electron chi connectivity index (χ4n) is 3.30. The molecule has 1 aliphatic rings. The van der Waals surface area contributed by atoms with Gasteiger partial charge in [-0.2, -0.15) is 0 Å². The Morgan fingerprint density at radius 1 is 1.19 bits per heavy atom. The molecular formula is C20H31N3O3. The highest BCUT2D eigenvalue weighted by Gasteiger charge is 2.25. The molecule has 1 atom stereocenters. The fraction of sp³-hybridized carbons (Fsp3) is 0.600. The topological polar surface area (TPSA) is 70.7 Å². The second-order valence-electron chi connectivity index (χ2n) is 7.04. The second-order valence-corrected chi connectivity index (χ2v) is 7.04. The molecule has 0 unspecified atom stereocenters. The molecule has 6 nitrogen and oxygen atoms in total. The van der Waals surface area contributed by atoms with Gasteiger partial charge in [0.05, 0.1) is 13.2 Å². The highest BCUT2D eigenvalue weighted by Crippen LogP contribution is 2.21. The summed E-state index contributed by atoms with van der Waals surface area (Å²) in [5.74, 6) is 0.388. The number of benzene rings is 1. The van der Waals surface area contributed by atoms with Crippen LogP contribution in [-0.4, -0.2) is 49.2 Å². The van der Waals surface area contributed by atoms with Crippen LogP contribution in [0.25, 0.3) is 0 Å². The maximum atomic E-state index is 12.3. The molecule has 1 aromatic carbocycles. The molecule has 1 aliphatic heterocycles. The minimum Gasteiger partial charge on any atom is -0.450 e. The standard InChI is InChI=1S/C20H31N3O3/c1-4-26-20(25)23-12-10-17(11-13-23)22-18(24)14-21-19(15(2)3)16-8-6-5-7-9-16/h5-9,15,17,19,21H,4,10-14H2,1-3H3,(H,22,24)/t19-/m1/s1. The third-order valence-corrected chi connectivity index (χ3v) is 4.69. The van der Waals surface area contributed by atoms with Crippen LogP contribution >= 0.6 is 0 Å². The Labute approximate surface area is 156 Å². The Hall–Kier alpha value is -2.08. The van der Waals surface area contributed by atoms with Crippen LogP contribution in [0.5, 0.6) is 0 Å². The van der Waals surface area contributed by atoms with Crippen molar-refractivity contribution in [1.29, 1.82) is 0 Å². The third-order valence-electron chi connectivity index (χ3n) is 4.69. The first-order valence-electron chi connectivity index (χ1n) is 9.50. The van der Waals surface area contributed by atoms with Crippen LogP contribution in [0.4, 0.5) is 4.79 Å². The summed E-state index contributed by atoms with van der Waals surface area (Å²) in [6, 6.07) is 10.5. The maximum absolute atomic E-state index is 12.3. The summed E-state index contributed by atoms with van der Waals surface area (Å²) in [5.41, 5.74) is 1.19. The van der Waals surface area contributed by atoms with E-state index in [2.05, 4.69) is 36.6 Å². The van der Waals surface area contributed by atoms with Crippen molar-refractivity contribution in [3.05, 3.63) is 35.9 Å². The molecule has 0 aliphatic carbocycles. The number of carbonyl (C=O) groups is 2. The summed E-state index contributed by atoms with van der Waals surface area (Å²) in [7, 11) is 0. The molecule has 0 radical (unpaired) electrons. The van der Waals surface area contributed by atoms with Crippen molar-refractivity contribution < 1.29 is 14.3 Å². The quantitative estimate of drug-likeness (QED) is 0.783. The summed E-state index contributed by atoms with van der Waals surface area (Å²) >= 11 is 0. The molecule has 144 valence electrons. The third kappa shape index (κ3) is 6.02. The molecule has 1 saturated heterocycles. The van der Waals surface area contributed by atoms with Crippen LogP contribution in [0.2, 0.25) is 0 Å². The van der Waals surface area contributed by atoms with Crippen molar-refractivity contribution in [2.24, 2.45) is 5.92 Å². The molecule has 0 aromatic heterocycles. The molecule has 0 saturated carbocycles. The summed E-state index contributed by atoms with van der Waals surface area (Å²) in [6.45, 7) is 8.01. The van der Waals surface area contributed by atoms with Crippen molar-refractivity contribution in [3.8, 4) is 0 Å². The zero-order chi connectivity index (χ0) is 18.9. The van der Waals surface area contributed by atoms with E-state index in [1.54, 1.807) is 11.8 Å². The first kappa shape index (κ1) is 20.2. The molecule has 26 heavy (non-hydrogen) atoms. The van der Waals surface area contributed by atoms with Gasteiger partial charge in [0.25, 0.3) is 0 Å². The number of rotatable bonds is 7. The van der Waals surface area contributed by atoms with Gasteiger partial charge in [-0.3, -0.25) is 4.79 Å². The summed E-state index contributed by atoms with van der Waals surface area (Å²) in [6.07, 6.45) is 1.26. The molecule has 1 heterocycles. The lowest BCUT2D eigenvalue weighted by Crippen LogP contribution is -2.48. The van der Waals surface area contributed by atoms with Crippen molar-refractivity contribution in [2.45, 2.75) is 45.7 Å². The van der Waals surface area contributed by atoms with Crippen LogP contribution in [0.3, 0.4) is 0 Å². The predicted octanol–water partition coefficient (Wildman–Crippen LogP) is 2.71. The number of piperidine rings is 1. The largest absolute Gasteiger partial charge is 0.450 e. The lowest BCUT2D eigenvalue weighted by atomic mass is 9.96. The Bertz CT molecular complexity index is 569. The lowest BCUT2D eigenvalue weighted by molar-refractivity contribution is -0.121. The first-order valence-corrected chi connectivity index (χ1v) is 9.50. The number of nitrogens with zero attached hydrogens (tertiary/aromatic N) is 1. The molecule has 2 rings (SSSR count). The monoisotopic (exact) mass is 361 g/mol. The predicted molar refractivity (Wildman–Crippen MR) is 102 cm³/mol. The number of ether oxygens (including phenoxy) is 1. The van der Waals surface area contributed by atoms with Crippen LogP contribution in [0.1, 0.15) is 45.2 Å². The van der Waals surface area contributed by atoms with Crippen LogP contribution in [0, 0.1) is 5.92 Å². The van der Waals surface area contributed by atoms with Gasteiger partial charge in [0.1, 0.15) is 0 Å². The maximum Gasteiger partial charge on any atom is 0.409 e. The fourth-order valence-corrected chi connectivity index (χ4v) is 3.30. The van der Waals surface area contributed by atoms with Gasteiger partial charge in [-0.1, -0.05) is 44.2 Å². The minimum atomic E-state index is -0.262. The van der Waals surface area contributed by atoms with Crippen molar-refractivity contribution in [3.63, 3.8) is 0 Å². The van der Waals surface area contributed by atoms with E-state index in [-0.39, 0.29) is 30.6 Å². The molecule has 1 aromatic rings. The smallest absolute Gasteiger partial charge is 0.409 e. The Morgan fingerprint density at radius 3 is 2.42 bits per heavy atom. The number of hydrogen-bond donors (Lipinski definition) is 2. The molecule has 2 N–H and O–H groups in total. The zero-order valence-corrected chi connectivity index (χ0v) is 16.0. The SMILES string of the molecule is CCOC(=O)N1CCC(NC(=O)CN[C@@H](c2ccccc2)C(C)C)CC1. The van der Waals surface area contributed by atoms with Gasteiger partial charge in [0.2, 0.25) is 5.91 Å². The van der Waals surface area contributed by atoms with Gasteiger partial charge in [-0.05, 0) is 31.2 Å². The Balaban J connectivity index is 1.76. The van der Waals surface area contributed by atoms with Gasteiger partial charge in [-0.25, -0.2) is 4.79 Å². The molecular weight excluding hydrogens is 330 g/mol. The van der Waals surface area contributed by atoms with Crippen molar-refractivity contribution >= 4 is 12.0 Å². The average molecular weight is 361 g/mol. The van der Waals surface area contributed by atoms with Gasteiger partial charge in [0.15, 0.2) is 0 Å². The highest BCUT2D eigenvalue weighted by atomic mass is 16.6. The lowest BCUT2D eigenvalue weighted by Gasteiger charge is -2.32. The van der Waals surface area contributed by atoms with Crippen LogP contribution in [-0.2, 0) is 9.53 Å². The van der Waals surface area contributed by atoms with E-state index in [9.17, 15) is 9.59 Å². The molecule has 2 amide bonds. The molecule has 0 spiro atoms. The number of amides is 2. The van der Waals surface area contributed by atoms with Crippen molar-refractivity contribution in [1.82, 2.24) is 15.5 Å². The van der Waals surface area contributed by atoms with Crippen LogP contribution < -0.4 is 10.6 Å². The average Bonchev–Trinajstić information content (AvgIpc) is 2.63. The number of nitrogens with one attached hydrogen (secondary N) is 2. The Kier molecular flexibility index (Phi) is 7.91. The normalized spacial score (nSPS) is 16.4. The highest BCUT2D eigenvalue weighted by molar-refractivity contribution is 5.78. The molecule has 0 bridgehead atoms. The van der Waals surface area contributed by atoms with E-state index in [1.807, 2.05) is 18.2 Å². The van der Waals surface area contributed by atoms with E-state index in [0.29, 0.717) is 25.6 Å². The van der Waals surface area contributed by atoms with E-state index < -0.39 is 0 Å². The number of likely N-dealkylation sites (tertiary alicyclic amines) is 1. The first-order chi connectivity index (χ1) is 12.5. The molecule has 1 fully saturated rings. The van der Waals surface area contributed by atoms with E-state index in [4.69, 9.17) is 4.74 Å². The van der Waals surface area contributed by atoms with Gasteiger partial charge >= 0.3 is 6.09 Å². The summed E-state index contributed by atoms with van der Waals surface area (Å²) in [5, 5.41) is 6.45. The molecule has 6 heteroatoms. The van der Waals surface area contributed by atoms with Gasteiger partial charge in [-0.15, -0.1) is 0 Å². The summed E-state index contributed by atoms with van der Waals surface area (Å²) < 4.78 is 5.02. The van der Waals surface area contributed by atoms with Gasteiger partial charge in [0, 0.05) is 25.2 Å². The van der Waals surface area contributed by atoms with Crippen LogP contribution in [0.15, 0.2) is 30.3 Å². The van der Waals surface area contributed by atoms with E-state index in [1.165, 1.54) is 5.56 Å². The second kappa shape index (κ2) is 10.2.